The lowest BCUT2D eigenvalue weighted by Gasteiger charge is -2.20. The molecule has 0 radical (unpaired) electrons. The van der Waals surface area contributed by atoms with Crippen molar-refractivity contribution in [3.05, 3.63) is 61.5 Å². The Hall–Kier alpha value is -0.940. The van der Waals surface area contributed by atoms with Gasteiger partial charge in [-0.05, 0) is 36.4 Å². The number of rotatable bonds is 4. The maximum absolute atomic E-state index is 11.8. The molecule has 110 valence electrons. The molecule has 1 amide bonds. The van der Waals surface area contributed by atoms with Crippen molar-refractivity contribution >= 4 is 62.3 Å². The predicted molar refractivity (Wildman–Crippen MR) is 91.2 cm³/mol. The molecule has 1 atom stereocenters. The van der Waals surface area contributed by atoms with E-state index in [0.29, 0.717) is 21.3 Å². The fourth-order valence-electron chi connectivity index (χ4n) is 1.81. The highest BCUT2D eigenvalue weighted by atomic mass is 79.9. The van der Waals surface area contributed by atoms with Gasteiger partial charge in [-0.1, -0.05) is 50.7 Å². The molecular formula is C14H10BrCl3N2O. The van der Waals surface area contributed by atoms with Gasteiger partial charge in [-0.15, -0.1) is 0 Å². The van der Waals surface area contributed by atoms with Crippen molar-refractivity contribution in [1.29, 1.82) is 0 Å². The molecule has 0 heterocycles. The summed E-state index contributed by atoms with van der Waals surface area (Å²) in [5.74, 6) is -0.607. The van der Waals surface area contributed by atoms with Crippen molar-refractivity contribution in [2.45, 2.75) is 6.04 Å². The molecule has 2 aromatic rings. The van der Waals surface area contributed by atoms with E-state index in [1.807, 2.05) is 12.1 Å². The van der Waals surface area contributed by atoms with Gasteiger partial charge in [0.25, 0.3) is 0 Å². The van der Waals surface area contributed by atoms with Crippen LogP contribution < -0.4 is 11.1 Å². The molecule has 0 saturated heterocycles. The van der Waals surface area contributed by atoms with Gasteiger partial charge in [-0.25, -0.2) is 0 Å². The summed E-state index contributed by atoms with van der Waals surface area (Å²) in [6, 6.07) is 9.52. The number of amides is 1. The zero-order valence-electron chi connectivity index (χ0n) is 10.5. The van der Waals surface area contributed by atoms with Crippen LogP contribution in [-0.2, 0) is 4.79 Å². The highest BCUT2D eigenvalue weighted by molar-refractivity contribution is 9.10. The fourth-order valence-corrected chi connectivity index (χ4v) is 2.82. The van der Waals surface area contributed by atoms with Gasteiger partial charge in [-0.3, -0.25) is 4.79 Å². The quantitative estimate of drug-likeness (QED) is 0.696. The van der Waals surface area contributed by atoms with E-state index in [1.54, 1.807) is 24.3 Å². The first-order valence-corrected chi connectivity index (χ1v) is 7.77. The third kappa shape index (κ3) is 3.83. The molecule has 2 aromatic carbocycles. The molecule has 0 aliphatic rings. The number of hydrogen-bond acceptors (Lipinski definition) is 2. The Bertz CT molecular complexity index is 677. The SMILES string of the molecule is NC(=O)C(Nc1ccc(Br)cc1)c1c(Cl)ccc(Cl)c1Cl. The fraction of sp³-hybridized carbons (Fsp3) is 0.0714. The summed E-state index contributed by atoms with van der Waals surface area (Å²) >= 11 is 21.6. The van der Waals surface area contributed by atoms with Gasteiger partial charge in [0.05, 0.1) is 10.0 Å². The van der Waals surface area contributed by atoms with Crippen LogP contribution in [0, 0.1) is 0 Å². The standard InChI is InChI=1S/C14H10BrCl3N2O/c15-7-1-3-8(4-2-7)20-13(14(19)21)11-9(16)5-6-10(17)12(11)18/h1-6,13,20H,(H2,19,21). The summed E-state index contributed by atoms with van der Waals surface area (Å²) in [5, 5.41) is 3.84. The van der Waals surface area contributed by atoms with Gasteiger partial charge in [0.1, 0.15) is 6.04 Å². The molecule has 0 aliphatic carbocycles. The Morgan fingerprint density at radius 3 is 2.19 bits per heavy atom. The molecule has 0 bridgehead atoms. The van der Waals surface area contributed by atoms with Crippen molar-refractivity contribution in [3.63, 3.8) is 0 Å². The minimum atomic E-state index is -0.884. The molecule has 0 fully saturated rings. The largest absolute Gasteiger partial charge is 0.370 e. The summed E-state index contributed by atoms with van der Waals surface area (Å²) < 4.78 is 0.919. The summed E-state index contributed by atoms with van der Waals surface area (Å²) in [7, 11) is 0. The van der Waals surface area contributed by atoms with Crippen molar-refractivity contribution in [3.8, 4) is 0 Å². The van der Waals surface area contributed by atoms with Gasteiger partial charge in [-0.2, -0.15) is 0 Å². The molecule has 0 saturated carbocycles. The molecule has 3 nitrogen and oxygen atoms in total. The number of nitrogens with one attached hydrogen (secondary N) is 1. The summed E-state index contributed by atoms with van der Waals surface area (Å²) in [6.45, 7) is 0. The van der Waals surface area contributed by atoms with E-state index in [1.165, 1.54) is 0 Å². The first kappa shape index (κ1) is 16.4. The van der Waals surface area contributed by atoms with Crippen molar-refractivity contribution in [1.82, 2.24) is 0 Å². The zero-order valence-corrected chi connectivity index (χ0v) is 14.4. The topological polar surface area (TPSA) is 55.1 Å². The molecule has 0 spiro atoms. The lowest BCUT2D eigenvalue weighted by Crippen LogP contribution is -2.28. The number of carbonyl (C=O) groups is 1. The Kier molecular flexibility index (Phi) is 5.38. The maximum Gasteiger partial charge on any atom is 0.244 e. The molecule has 1 unspecified atom stereocenters. The molecule has 7 heteroatoms. The number of hydrogen-bond donors (Lipinski definition) is 2. The Balaban J connectivity index is 2.43. The highest BCUT2D eigenvalue weighted by Crippen LogP contribution is 2.37. The number of nitrogens with two attached hydrogens (primary N) is 1. The second kappa shape index (κ2) is 6.88. The van der Waals surface area contributed by atoms with Crippen LogP contribution in [0.2, 0.25) is 15.1 Å². The van der Waals surface area contributed by atoms with Crippen molar-refractivity contribution in [2.75, 3.05) is 5.32 Å². The average Bonchev–Trinajstić information content (AvgIpc) is 2.44. The normalized spacial score (nSPS) is 12.0. The molecule has 21 heavy (non-hydrogen) atoms. The Morgan fingerprint density at radius 2 is 1.62 bits per heavy atom. The Morgan fingerprint density at radius 1 is 1.05 bits per heavy atom. The third-order valence-electron chi connectivity index (χ3n) is 2.81. The minimum absolute atomic E-state index is 0.206. The summed E-state index contributed by atoms with van der Waals surface area (Å²) in [4.78, 5) is 11.8. The second-order valence-corrected chi connectivity index (χ2v) is 6.35. The number of benzene rings is 2. The van der Waals surface area contributed by atoms with E-state index >= 15 is 0 Å². The van der Waals surface area contributed by atoms with Crippen LogP contribution in [0.1, 0.15) is 11.6 Å². The minimum Gasteiger partial charge on any atom is -0.370 e. The molecule has 0 aromatic heterocycles. The number of primary amides is 1. The first-order chi connectivity index (χ1) is 9.90. The van der Waals surface area contributed by atoms with E-state index < -0.39 is 11.9 Å². The monoisotopic (exact) mass is 406 g/mol. The van der Waals surface area contributed by atoms with E-state index in [4.69, 9.17) is 40.5 Å². The lowest BCUT2D eigenvalue weighted by molar-refractivity contribution is -0.118. The van der Waals surface area contributed by atoms with Crippen LogP contribution in [0.5, 0.6) is 0 Å². The predicted octanol–water partition coefficient (Wildman–Crippen LogP) is 5.05. The average molecular weight is 409 g/mol. The van der Waals surface area contributed by atoms with Crippen molar-refractivity contribution < 1.29 is 4.79 Å². The number of anilines is 1. The summed E-state index contributed by atoms with van der Waals surface area (Å²) in [5.41, 5.74) is 6.53. The Labute approximate surface area is 145 Å². The van der Waals surface area contributed by atoms with Gasteiger partial charge >= 0.3 is 0 Å². The second-order valence-electron chi connectivity index (χ2n) is 4.24. The first-order valence-electron chi connectivity index (χ1n) is 5.85. The summed E-state index contributed by atoms with van der Waals surface area (Å²) in [6.07, 6.45) is 0. The van der Waals surface area contributed by atoms with Crippen LogP contribution in [0.15, 0.2) is 40.9 Å². The number of carbonyl (C=O) groups excluding carboxylic acids is 1. The van der Waals surface area contributed by atoms with Gasteiger partial charge in [0, 0.05) is 20.7 Å². The van der Waals surface area contributed by atoms with E-state index in [9.17, 15) is 4.79 Å². The van der Waals surface area contributed by atoms with E-state index in [2.05, 4.69) is 21.2 Å². The maximum atomic E-state index is 11.8. The third-order valence-corrected chi connectivity index (χ3v) is 4.49. The van der Waals surface area contributed by atoms with Crippen LogP contribution in [0.25, 0.3) is 0 Å². The van der Waals surface area contributed by atoms with Crippen LogP contribution in [-0.4, -0.2) is 5.91 Å². The van der Waals surface area contributed by atoms with E-state index in [0.717, 1.165) is 4.47 Å². The zero-order chi connectivity index (χ0) is 15.6. The van der Waals surface area contributed by atoms with Gasteiger partial charge < -0.3 is 11.1 Å². The van der Waals surface area contributed by atoms with Crippen LogP contribution >= 0.6 is 50.7 Å². The molecule has 0 aliphatic heterocycles. The highest BCUT2D eigenvalue weighted by Gasteiger charge is 2.24. The molecule has 3 N–H and O–H groups in total. The van der Waals surface area contributed by atoms with Crippen molar-refractivity contribution in [2.24, 2.45) is 5.73 Å². The van der Waals surface area contributed by atoms with Crippen LogP contribution in [0.3, 0.4) is 0 Å². The smallest absolute Gasteiger partial charge is 0.244 e. The van der Waals surface area contributed by atoms with Gasteiger partial charge in [0.2, 0.25) is 5.91 Å². The van der Waals surface area contributed by atoms with E-state index in [-0.39, 0.29) is 5.02 Å². The molecular weight excluding hydrogens is 398 g/mol. The number of halogens is 4. The molecule has 2 rings (SSSR count). The van der Waals surface area contributed by atoms with Gasteiger partial charge in [0.15, 0.2) is 0 Å². The van der Waals surface area contributed by atoms with Crippen LogP contribution in [0.4, 0.5) is 5.69 Å². The lowest BCUT2D eigenvalue weighted by atomic mass is 10.1.